The van der Waals surface area contributed by atoms with Gasteiger partial charge in [-0.2, -0.15) is 0 Å². The number of hydrogen-bond donors (Lipinski definition) is 1. The van der Waals surface area contributed by atoms with E-state index in [1.54, 1.807) is 4.90 Å². The fraction of sp³-hybridized carbons (Fsp3) is 0.348. The third-order valence-corrected chi connectivity index (χ3v) is 5.57. The Kier molecular flexibility index (Phi) is 5.63. The van der Waals surface area contributed by atoms with Gasteiger partial charge in [0, 0.05) is 36.3 Å². The predicted molar refractivity (Wildman–Crippen MR) is 111 cm³/mol. The summed E-state index contributed by atoms with van der Waals surface area (Å²) in [5.74, 6) is 0. The average Bonchev–Trinajstić information content (AvgIpc) is 3.40. The van der Waals surface area contributed by atoms with E-state index in [0.29, 0.717) is 0 Å². The zero-order valence-corrected chi connectivity index (χ0v) is 16.3. The van der Waals surface area contributed by atoms with Crippen molar-refractivity contribution in [1.82, 2.24) is 14.8 Å². The van der Waals surface area contributed by atoms with Crippen LogP contribution in [0.15, 0.2) is 60.8 Å². The number of carbonyl (C=O) groups is 1. The molecule has 0 spiro atoms. The van der Waals surface area contributed by atoms with E-state index in [9.17, 15) is 4.79 Å². The summed E-state index contributed by atoms with van der Waals surface area (Å²) in [5, 5.41) is 1.16. The van der Waals surface area contributed by atoms with Gasteiger partial charge in [-0.25, -0.2) is 4.79 Å². The summed E-state index contributed by atoms with van der Waals surface area (Å²) in [6.07, 6.45) is 4.19. The Hall–Kier alpha value is -2.79. The molecule has 1 aliphatic rings. The lowest BCUT2D eigenvalue weighted by atomic mass is 10.0. The van der Waals surface area contributed by atoms with E-state index in [2.05, 4.69) is 22.0 Å². The summed E-state index contributed by atoms with van der Waals surface area (Å²) in [7, 11) is 1.84. The normalized spacial score (nSPS) is 15.6. The van der Waals surface area contributed by atoms with Gasteiger partial charge in [-0.15, -0.1) is 0 Å². The van der Waals surface area contributed by atoms with Crippen LogP contribution in [-0.2, 0) is 11.3 Å². The fourth-order valence-electron chi connectivity index (χ4n) is 3.96. The first-order valence-electron chi connectivity index (χ1n) is 9.94. The fourth-order valence-corrected chi connectivity index (χ4v) is 3.96. The van der Waals surface area contributed by atoms with Gasteiger partial charge in [0.25, 0.3) is 0 Å². The van der Waals surface area contributed by atoms with Gasteiger partial charge in [0.15, 0.2) is 0 Å². The van der Waals surface area contributed by atoms with Crippen LogP contribution in [0.25, 0.3) is 10.9 Å². The van der Waals surface area contributed by atoms with E-state index in [1.165, 1.54) is 12.8 Å². The number of hydrogen-bond acceptors (Lipinski definition) is 3. The number of carbonyl (C=O) groups excluding carboxylic acids is 1. The van der Waals surface area contributed by atoms with Crippen molar-refractivity contribution in [3.05, 3.63) is 71.9 Å². The molecule has 1 atom stereocenters. The molecule has 28 heavy (non-hydrogen) atoms. The molecule has 0 bridgehead atoms. The number of likely N-dealkylation sites (N-methyl/N-ethyl adjacent to an activating group) is 1. The van der Waals surface area contributed by atoms with Crippen molar-refractivity contribution in [2.45, 2.75) is 25.5 Å². The van der Waals surface area contributed by atoms with Crippen LogP contribution < -0.4 is 0 Å². The number of benzene rings is 2. The molecule has 0 radical (unpaired) electrons. The number of rotatable bonds is 6. The molecular weight excluding hydrogens is 350 g/mol. The van der Waals surface area contributed by atoms with Crippen molar-refractivity contribution in [2.24, 2.45) is 0 Å². The zero-order valence-electron chi connectivity index (χ0n) is 16.3. The number of likely N-dealkylation sites (tertiary alicyclic amines) is 1. The molecule has 0 aliphatic carbocycles. The molecule has 2 aromatic carbocycles. The Morgan fingerprint density at radius 2 is 1.82 bits per heavy atom. The van der Waals surface area contributed by atoms with Crippen LogP contribution in [0.3, 0.4) is 0 Å². The first-order valence-corrected chi connectivity index (χ1v) is 9.94. The monoisotopic (exact) mass is 377 g/mol. The predicted octanol–water partition coefficient (Wildman–Crippen LogP) is 4.57. The molecule has 5 nitrogen and oxygen atoms in total. The summed E-state index contributed by atoms with van der Waals surface area (Å²) in [6.45, 7) is 3.28. The minimum atomic E-state index is -0.293. The summed E-state index contributed by atoms with van der Waals surface area (Å²) in [4.78, 5) is 20.4. The van der Waals surface area contributed by atoms with E-state index in [0.717, 1.165) is 41.7 Å². The third kappa shape index (κ3) is 4.04. The Labute approximate surface area is 165 Å². The summed E-state index contributed by atoms with van der Waals surface area (Å²) >= 11 is 0. The number of nitrogens with one attached hydrogen (secondary N) is 1. The van der Waals surface area contributed by atoms with E-state index in [-0.39, 0.29) is 18.7 Å². The quantitative estimate of drug-likeness (QED) is 0.684. The topological polar surface area (TPSA) is 48.6 Å². The highest BCUT2D eigenvalue weighted by atomic mass is 16.6. The van der Waals surface area contributed by atoms with Crippen LogP contribution in [0.1, 0.15) is 30.0 Å². The van der Waals surface area contributed by atoms with Crippen molar-refractivity contribution >= 4 is 17.0 Å². The maximum absolute atomic E-state index is 12.8. The van der Waals surface area contributed by atoms with Gasteiger partial charge in [0.2, 0.25) is 0 Å². The van der Waals surface area contributed by atoms with Crippen molar-refractivity contribution in [3.8, 4) is 0 Å². The first-order chi connectivity index (χ1) is 13.7. The molecule has 1 fully saturated rings. The SMILES string of the molecule is CN(C(=O)OCc1ccccc1)[C@H](CN1CCCC1)c1c[nH]c2ccccc12. The second kappa shape index (κ2) is 8.48. The summed E-state index contributed by atoms with van der Waals surface area (Å²) < 4.78 is 5.60. The van der Waals surface area contributed by atoms with Crippen LogP contribution >= 0.6 is 0 Å². The summed E-state index contributed by atoms with van der Waals surface area (Å²) in [5.41, 5.74) is 3.23. The number of H-pyrrole nitrogens is 1. The van der Waals surface area contributed by atoms with E-state index in [4.69, 9.17) is 4.74 Å². The average molecular weight is 377 g/mol. The van der Waals surface area contributed by atoms with Crippen LogP contribution in [-0.4, -0.2) is 47.6 Å². The molecule has 1 amide bonds. The van der Waals surface area contributed by atoms with Crippen molar-refractivity contribution in [2.75, 3.05) is 26.7 Å². The Bertz CT molecular complexity index is 916. The number of nitrogens with zero attached hydrogens (tertiary/aromatic N) is 2. The van der Waals surface area contributed by atoms with Crippen molar-refractivity contribution in [1.29, 1.82) is 0 Å². The highest BCUT2D eigenvalue weighted by Gasteiger charge is 2.28. The lowest BCUT2D eigenvalue weighted by Gasteiger charge is -2.31. The lowest BCUT2D eigenvalue weighted by Crippen LogP contribution is -2.38. The van der Waals surface area contributed by atoms with Gasteiger partial charge in [0.05, 0.1) is 6.04 Å². The molecule has 3 aromatic rings. The Morgan fingerprint density at radius 1 is 1.11 bits per heavy atom. The number of amides is 1. The van der Waals surface area contributed by atoms with E-state index >= 15 is 0 Å². The van der Waals surface area contributed by atoms with Crippen LogP contribution in [0.2, 0.25) is 0 Å². The molecule has 2 heterocycles. The maximum Gasteiger partial charge on any atom is 0.410 e. The smallest absolute Gasteiger partial charge is 0.410 e. The highest BCUT2D eigenvalue weighted by Crippen LogP contribution is 2.30. The minimum absolute atomic E-state index is 0.0578. The molecular formula is C23H27N3O2. The van der Waals surface area contributed by atoms with E-state index < -0.39 is 0 Å². The zero-order chi connectivity index (χ0) is 19.3. The summed E-state index contributed by atoms with van der Waals surface area (Å²) in [6, 6.07) is 18.0. The molecule has 5 heteroatoms. The standard InChI is InChI=1S/C23H27N3O2/c1-25(23(27)28-17-18-9-3-2-4-10-18)22(16-26-13-7-8-14-26)20-15-24-21-12-6-5-11-19(20)21/h2-6,9-12,15,22,24H,7-8,13-14,16-17H2,1H3/t22-/m1/s1. The highest BCUT2D eigenvalue weighted by molar-refractivity contribution is 5.84. The largest absolute Gasteiger partial charge is 0.445 e. The molecule has 1 aromatic heterocycles. The van der Waals surface area contributed by atoms with Crippen molar-refractivity contribution < 1.29 is 9.53 Å². The molecule has 146 valence electrons. The Morgan fingerprint density at radius 3 is 2.61 bits per heavy atom. The second-order valence-corrected chi connectivity index (χ2v) is 7.46. The van der Waals surface area contributed by atoms with Gasteiger partial charge in [0.1, 0.15) is 6.61 Å². The number of ether oxygens (including phenoxy) is 1. The van der Waals surface area contributed by atoms with Crippen molar-refractivity contribution in [3.63, 3.8) is 0 Å². The lowest BCUT2D eigenvalue weighted by molar-refractivity contribution is 0.0836. The van der Waals surface area contributed by atoms with E-state index in [1.807, 2.05) is 55.7 Å². The van der Waals surface area contributed by atoms with Gasteiger partial charge < -0.3 is 19.5 Å². The number of aromatic nitrogens is 1. The van der Waals surface area contributed by atoms with Crippen LogP contribution in [0.5, 0.6) is 0 Å². The minimum Gasteiger partial charge on any atom is -0.445 e. The number of para-hydroxylation sites is 1. The Balaban J connectivity index is 1.54. The molecule has 0 saturated carbocycles. The van der Waals surface area contributed by atoms with Gasteiger partial charge in [-0.1, -0.05) is 48.5 Å². The number of aromatic amines is 1. The third-order valence-electron chi connectivity index (χ3n) is 5.57. The maximum atomic E-state index is 12.8. The van der Waals surface area contributed by atoms with Gasteiger partial charge >= 0.3 is 6.09 Å². The first kappa shape index (κ1) is 18.6. The molecule has 4 rings (SSSR count). The molecule has 1 N–H and O–H groups in total. The number of fused-ring (bicyclic) bond motifs is 1. The molecule has 1 aliphatic heterocycles. The van der Waals surface area contributed by atoms with Gasteiger partial charge in [-0.3, -0.25) is 0 Å². The van der Waals surface area contributed by atoms with Crippen LogP contribution in [0, 0.1) is 0 Å². The molecule has 1 saturated heterocycles. The van der Waals surface area contributed by atoms with Crippen LogP contribution in [0.4, 0.5) is 4.79 Å². The van der Waals surface area contributed by atoms with Gasteiger partial charge in [-0.05, 0) is 37.6 Å². The molecule has 0 unspecified atom stereocenters. The second-order valence-electron chi connectivity index (χ2n) is 7.46.